The van der Waals surface area contributed by atoms with Gasteiger partial charge in [0.1, 0.15) is 0 Å². The van der Waals surface area contributed by atoms with Gasteiger partial charge in [-0.25, -0.2) is 8.42 Å². The molecular formula is C17H16ClIN2O4S. The molecule has 3 rings (SSSR count). The minimum Gasteiger partial charge on any atom is -0.379 e. The molecule has 6 nitrogen and oxygen atoms in total. The van der Waals surface area contributed by atoms with Crippen molar-refractivity contribution in [1.82, 2.24) is 4.31 Å². The third-order valence-corrected chi connectivity index (χ3v) is 6.84. The van der Waals surface area contributed by atoms with Crippen LogP contribution in [0.3, 0.4) is 0 Å². The van der Waals surface area contributed by atoms with Gasteiger partial charge in [0.15, 0.2) is 0 Å². The zero-order valence-electron chi connectivity index (χ0n) is 13.6. The molecule has 0 saturated carbocycles. The Morgan fingerprint density at radius 3 is 2.42 bits per heavy atom. The van der Waals surface area contributed by atoms with Gasteiger partial charge in [0.2, 0.25) is 10.0 Å². The number of rotatable bonds is 4. The number of nitrogens with zero attached hydrogens (tertiary/aromatic N) is 1. The first-order valence-electron chi connectivity index (χ1n) is 7.82. The molecule has 26 heavy (non-hydrogen) atoms. The highest BCUT2D eigenvalue weighted by atomic mass is 127. The van der Waals surface area contributed by atoms with Gasteiger partial charge in [0, 0.05) is 22.3 Å². The summed E-state index contributed by atoms with van der Waals surface area (Å²) in [4.78, 5) is 12.6. The highest BCUT2D eigenvalue weighted by molar-refractivity contribution is 14.1. The lowest BCUT2D eigenvalue weighted by atomic mass is 10.2. The van der Waals surface area contributed by atoms with E-state index >= 15 is 0 Å². The molecule has 2 aromatic carbocycles. The molecule has 0 unspecified atom stereocenters. The standard InChI is InChI=1S/C17H16ClIN2O4S/c18-16-6-5-14(26(23,24)21-7-9-25-10-8-21)11-15(16)17(22)20-13-3-1-12(19)2-4-13/h1-6,11H,7-10H2,(H,20,22). The quantitative estimate of drug-likeness (QED) is 0.646. The zero-order valence-corrected chi connectivity index (χ0v) is 17.3. The van der Waals surface area contributed by atoms with Gasteiger partial charge in [-0.1, -0.05) is 11.6 Å². The number of anilines is 1. The Hall–Kier alpha value is -1.20. The van der Waals surface area contributed by atoms with Gasteiger partial charge in [-0.3, -0.25) is 4.79 Å². The number of benzene rings is 2. The number of ether oxygens (including phenoxy) is 1. The van der Waals surface area contributed by atoms with Crippen LogP contribution >= 0.6 is 34.2 Å². The molecule has 2 aromatic rings. The van der Waals surface area contributed by atoms with E-state index in [1.54, 1.807) is 12.1 Å². The van der Waals surface area contributed by atoms with Crippen LogP contribution in [0.1, 0.15) is 10.4 Å². The van der Waals surface area contributed by atoms with Crippen LogP contribution in [0.5, 0.6) is 0 Å². The fraction of sp³-hybridized carbons (Fsp3) is 0.235. The van der Waals surface area contributed by atoms with Crippen molar-refractivity contribution in [1.29, 1.82) is 0 Å². The number of morpholine rings is 1. The van der Waals surface area contributed by atoms with Gasteiger partial charge < -0.3 is 10.1 Å². The molecule has 1 saturated heterocycles. The van der Waals surface area contributed by atoms with Gasteiger partial charge in [-0.05, 0) is 65.1 Å². The summed E-state index contributed by atoms with van der Waals surface area (Å²) >= 11 is 8.30. The highest BCUT2D eigenvalue weighted by Gasteiger charge is 2.27. The molecule has 9 heteroatoms. The van der Waals surface area contributed by atoms with Crippen LogP contribution in [0.4, 0.5) is 5.69 Å². The van der Waals surface area contributed by atoms with Gasteiger partial charge >= 0.3 is 0 Å². The third kappa shape index (κ3) is 4.37. The third-order valence-electron chi connectivity index (χ3n) is 3.89. The predicted molar refractivity (Wildman–Crippen MR) is 108 cm³/mol. The Bertz CT molecular complexity index is 913. The van der Waals surface area contributed by atoms with E-state index in [-0.39, 0.29) is 28.6 Å². The summed E-state index contributed by atoms with van der Waals surface area (Å²) in [6.45, 7) is 1.28. The summed E-state index contributed by atoms with van der Waals surface area (Å²) in [6.07, 6.45) is 0. The first-order chi connectivity index (χ1) is 12.4. The van der Waals surface area contributed by atoms with E-state index < -0.39 is 15.9 Å². The van der Waals surface area contributed by atoms with Crippen molar-refractivity contribution in [3.05, 3.63) is 56.6 Å². The molecule has 1 aliphatic rings. The Morgan fingerprint density at radius 2 is 1.77 bits per heavy atom. The topological polar surface area (TPSA) is 75.7 Å². The van der Waals surface area contributed by atoms with E-state index in [1.807, 2.05) is 12.1 Å². The Labute approximate surface area is 170 Å². The van der Waals surface area contributed by atoms with Crippen LogP contribution in [-0.4, -0.2) is 44.9 Å². The second kappa shape index (κ2) is 8.22. The maximum absolute atomic E-state index is 12.8. The van der Waals surface area contributed by atoms with Crippen molar-refractivity contribution in [2.75, 3.05) is 31.6 Å². The average molecular weight is 507 g/mol. The fourth-order valence-corrected chi connectivity index (χ4v) is 4.50. The van der Waals surface area contributed by atoms with Crippen molar-refractivity contribution in [2.45, 2.75) is 4.90 Å². The second-order valence-corrected chi connectivity index (χ2v) is 9.21. The van der Waals surface area contributed by atoms with Crippen LogP contribution in [0, 0.1) is 3.57 Å². The summed E-state index contributed by atoms with van der Waals surface area (Å²) in [7, 11) is -3.70. The lowest BCUT2D eigenvalue weighted by Crippen LogP contribution is -2.40. The van der Waals surface area contributed by atoms with E-state index in [0.717, 1.165) is 3.57 Å². The summed E-state index contributed by atoms with van der Waals surface area (Å²) in [5.74, 6) is -0.463. The van der Waals surface area contributed by atoms with Crippen molar-refractivity contribution in [3.8, 4) is 0 Å². The molecule has 0 radical (unpaired) electrons. The second-order valence-electron chi connectivity index (χ2n) is 5.62. The van der Waals surface area contributed by atoms with E-state index in [0.29, 0.717) is 18.9 Å². The average Bonchev–Trinajstić information content (AvgIpc) is 2.64. The Morgan fingerprint density at radius 1 is 1.12 bits per heavy atom. The summed E-state index contributed by atoms with van der Waals surface area (Å²) in [5, 5.41) is 2.92. The summed E-state index contributed by atoms with van der Waals surface area (Å²) < 4.78 is 33.1. The van der Waals surface area contributed by atoms with Crippen LogP contribution in [-0.2, 0) is 14.8 Å². The predicted octanol–water partition coefficient (Wildman–Crippen LogP) is 3.22. The molecule has 1 aliphatic heterocycles. The molecule has 1 N–H and O–H groups in total. The number of hydrogen-bond donors (Lipinski definition) is 1. The van der Waals surface area contributed by atoms with Crippen molar-refractivity contribution < 1.29 is 17.9 Å². The molecule has 0 aliphatic carbocycles. The minimum absolute atomic E-state index is 0.0385. The number of carbonyl (C=O) groups is 1. The Kier molecular flexibility index (Phi) is 6.18. The monoisotopic (exact) mass is 506 g/mol. The SMILES string of the molecule is O=C(Nc1ccc(I)cc1)c1cc(S(=O)(=O)N2CCOCC2)ccc1Cl. The van der Waals surface area contributed by atoms with Gasteiger partial charge in [0.05, 0.1) is 28.7 Å². The van der Waals surface area contributed by atoms with Crippen LogP contribution < -0.4 is 5.32 Å². The molecular weight excluding hydrogens is 491 g/mol. The van der Waals surface area contributed by atoms with Gasteiger partial charge in [0.25, 0.3) is 5.91 Å². The number of carbonyl (C=O) groups excluding carboxylic acids is 1. The number of amides is 1. The normalized spacial score (nSPS) is 15.6. The molecule has 1 fully saturated rings. The van der Waals surface area contributed by atoms with Crippen LogP contribution in [0.15, 0.2) is 47.4 Å². The number of sulfonamides is 1. The number of nitrogens with one attached hydrogen (secondary N) is 1. The van der Waals surface area contributed by atoms with Gasteiger partial charge in [-0.2, -0.15) is 4.31 Å². The minimum atomic E-state index is -3.70. The Balaban J connectivity index is 1.87. The zero-order chi connectivity index (χ0) is 18.7. The van der Waals surface area contributed by atoms with Crippen LogP contribution in [0.2, 0.25) is 5.02 Å². The fourth-order valence-electron chi connectivity index (χ4n) is 2.51. The molecule has 0 aromatic heterocycles. The maximum atomic E-state index is 12.8. The molecule has 1 heterocycles. The molecule has 138 valence electrons. The first-order valence-corrected chi connectivity index (χ1v) is 10.7. The maximum Gasteiger partial charge on any atom is 0.257 e. The smallest absolute Gasteiger partial charge is 0.257 e. The lowest BCUT2D eigenvalue weighted by Gasteiger charge is -2.26. The van der Waals surface area contributed by atoms with Crippen molar-refractivity contribution in [2.24, 2.45) is 0 Å². The summed E-state index contributed by atoms with van der Waals surface area (Å²) in [5.41, 5.74) is 0.715. The van der Waals surface area contributed by atoms with Crippen molar-refractivity contribution >= 4 is 55.8 Å². The van der Waals surface area contributed by atoms with E-state index in [4.69, 9.17) is 16.3 Å². The van der Waals surface area contributed by atoms with E-state index in [2.05, 4.69) is 27.9 Å². The molecule has 0 atom stereocenters. The molecule has 0 bridgehead atoms. The summed E-state index contributed by atoms with van der Waals surface area (Å²) in [6, 6.07) is 11.4. The van der Waals surface area contributed by atoms with Gasteiger partial charge in [-0.15, -0.1) is 0 Å². The van der Waals surface area contributed by atoms with E-state index in [1.165, 1.54) is 22.5 Å². The first kappa shape index (κ1) is 19.6. The molecule has 1 amide bonds. The highest BCUT2D eigenvalue weighted by Crippen LogP contribution is 2.24. The van der Waals surface area contributed by atoms with Crippen LogP contribution in [0.25, 0.3) is 0 Å². The molecule has 0 spiro atoms. The number of hydrogen-bond acceptors (Lipinski definition) is 4. The number of halogens is 2. The largest absolute Gasteiger partial charge is 0.379 e. The lowest BCUT2D eigenvalue weighted by molar-refractivity contribution is 0.0730. The van der Waals surface area contributed by atoms with E-state index in [9.17, 15) is 13.2 Å². The van der Waals surface area contributed by atoms with Crippen molar-refractivity contribution in [3.63, 3.8) is 0 Å².